The maximum atomic E-state index is 11.8. The molecule has 2 nitrogen and oxygen atoms in total. The zero-order chi connectivity index (χ0) is 10.8. The third-order valence-corrected chi connectivity index (χ3v) is 2.49. The summed E-state index contributed by atoms with van der Waals surface area (Å²) in [5.74, 6) is 0. The molecule has 15 heavy (non-hydrogen) atoms. The molecule has 1 aromatic heterocycles. The summed E-state index contributed by atoms with van der Waals surface area (Å²) < 4.78 is 1.59. The van der Waals surface area contributed by atoms with Crippen molar-refractivity contribution in [2.75, 3.05) is 0 Å². The van der Waals surface area contributed by atoms with Crippen molar-refractivity contribution in [1.82, 2.24) is 4.57 Å². The number of pyridine rings is 1. The van der Waals surface area contributed by atoms with Gasteiger partial charge in [-0.1, -0.05) is 29.8 Å². The van der Waals surface area contributed by atoms with E-state index in [0.29, 0.717) is 0 Å². The van der Waals surface area contributed by atoms with Crippen LogP contribution in [0.1, 0.15) is 5.56 Å². The van der Waals surface area contributed by atoms with Crippen molar-refractivity contribution in [1.29, 1.82) is 0 Å². The average Bonchev–Trinajstić information content (AvgIpc) is 2.24. The Hall–Kier alpha value is -1.83. The van der Waals surface area contributed by atoms with E-state index in [1.807, 2.05) is 43.3 Å². The Labute approximate surface area is 88.8 Å². The van der Waals surface area contributed by atoms with E-state index >= 15 is 0 Å². The van der Waals surface area contributed by atoms with E-state index in [0.717, 1.165) is 11.1 Å². The first-order valence-electron chi connectivity index (χ1n) is 4.91. The van der Waals surface area contributed by atoms with Gasteiger partial charge in [0.05, 0.1) is 0 Å². The van der Waals surface area contributed by atoms with Crippen LogP contribution in [-0.2, 0) is 7.05 Å². The Morgan fingerprint density at radius 3 is 2.40 bits per heavy atom. The summed E-state index contributed by atoms with van der Waals surface area (Å²) in [5, 5.41) is 0. The van der Waals surface area contributed by atoms with Gasteiger partial charge < -0.3 is 4.57 Å². The van der Waals surface area contributed by atoms with Gasteiger partial charge >= 0.3 is 0 Å². The van der Waals surface area contributed by atoms with Gasteiger partial charge in [-0.25, -0.2) is 0 Å². The van der Waals surface area contributed by atoms with Crippen molar-refractivity contribution < 1.29 is 0 Å². The molecule has 0 amide bonds. The van der Waals surface area contributed by atoms with Crippen LogP contribution in [0.3, 0.4) is 0 Å². The summed E-state index contributed by atoms with van der Waals surface area (Å²) in [6.45, 7) is 2.03. The van der Waals surface area contributed by atoms with Crippen LogP contribution in [0, 0.1) is 6.92 Å². The van der Waals surface area contributed by atoms with Crippen molar-refractivity contribution in [2.24, 2.45) is 7.05 Å². The predicted octanol–water partition coefficient (Wildman–Crippen LogP) is 2.36. The number of benzene rings is 1. The van der Waals surface area contributed by atoms with Crippen LogP contribution in [0.5, 0.6) is 0 Å². The fraction of sp³-hybridized carbons (Fsp3) is 0.154. The molecule has 0 aliphatic rings. The predicted molar refractivity (Wildman–Crippen MR) is 61.9 cm³/mol. The molecule has 0 radical (unpaired) electrons. The van der Waals surface area contributed by atoms with Gasteiger partial charge in [-0.2, -0.15) is 0 Å². The van der Waals surface area contributed by atoms with E-state index in [4.69, 9.17) is 0 Å². The van der Waals surface area contributed by atoms with Crippen LogP contribution in [0.2, 0.25) is 0 Å². The lowest BCUT2D eigenvalue weighted by atomic mass is 10.1. The maximum absolute atomic E-state index is 11.8. The third-order valence-electron chi connectivity index (χ3n) is 2.49. The summed E-state index contributed by atoms with van der Waals surface area (Å²) in [7, 11) is 1.76. The van der Waals surface area contributed by atoms with Gasteiger partial charge in [-0.3, -0.25) is 4.79 Å². The Bertz CT molecular complexity index is 523. The SMILES string of the molecule is Cc1ccc(-c2cccn(C)c2=O)cc1. The number of hydrogen-bond acceptors (Lipinski definition) is 1. The second-order valence-corrected chi connectivity index (χ2v) is 3.70. The molecule has 1 heterocycles. The zero-order valence-electron chi connectivity index (χ0n) is 8.90. The van der Waals surface area contributed by atoms with E-state index in [1.165, 1.54) is 5.56 Å². The standard InChI is InChI=1S/C13H13NO/c1-10-5-7-11(8-6-10)12-4-3-9-14(2)13(12)15/h3-9H,1-2H3. The molecule has 0 saturated carbocycles. The normalized spacial score (nSPS) is 10.3. The van der Waals surface area contributed by atoms with E-state index in [2.05, 4.69) is 0 Å². The summed E-state index contributed by atoms with van der Waals surface area (Å²) in [6, 6.07) is 11.7. The molecule has 0 atom stereocenters. The van der Waals surface area contributed by atoms with E-state index in [-0.39, 0.29) is 5.56 Å². The van der Waals surface area contributed by atoms with Crippen LogP contribution in [0.4, 0.5) is 0 Å². The molecule has 2 rings (SSSR count). The fourth-order valence-corrected chi connectivity index (χ4v) is 1.55. The molecule has 1 aromatic carbocycles. The van der Waals surface area contributed by atoms with Crippen molar-refractivity contribution in [3.63, 3.8) is 0 Å². The van der Waals surface area contributed by atoms with Gasteiger partial charge in [0.25, 0.3) is 5.56 Å². The monoisotopic (exact) mass is 199 g/mol. The number of rotatable bonds is 1. The van der Waals surface area contributed by atoms with Crippen LogP contribution in [-0.4, -0.2) is 4.57 Å². The van der Waals surface area contributed by atoms with Gasteiger partial charge in [-0.15, -0.1) is 0 Å². The smallest absolute Gasteiger partial charge is 0.258 e. The summed E-state index contributed by atoms with van der Waals surface area (Å²) >= 11 is 0. The largest absolute Gasteiger partial charge is 0.318 e. The van der Waals surface area contributed by atoms with Crippen LogP contribution < -0.4 is 5.56 Å². The highest BCUT2D eigenvalue weighted by Gasteiger charge is 2.02. The zero-order valence-corrected chi connectivity index (χ0v) is 8.90. The topological polar surface area (TPSA) is 22.0 Å². The lowest BCUT2D eigenvalue weighted by Crippen LogP contribution is -2.17. The highest BCUT2D eigenvalue weighted by molar-refractivity contribution is 5.62. The second kappa shape index (κ2) is 3.73. The minimum atomic E-state index is 0.0429. The van der Waals surface area contributed by atoms with E-state index in [9.17, 15) is 4.79 Å². The highest BCUT2D eigenvalue weighted by atomic mass is 16.1. The van der Waals surface area contributed by atoms with E-state index in [1.54, 1.807) is 17.8 Å². The molecule has 0 N–H and O–H groups in total. The van der Waals surface area contributed by atoms with Crippen molar-refractivity contribution in [2.45, 2.75) is 6.92 Å². The van der Waals surface area contributed by atoms with Crippen LogP contribution in [0.15, 0.2) is 47.4 Å². The first-order valence-corrected chi connectivity index (χ1v) is 4.91. The molecule has 0 bridgehead atoms. The Morgan fingerprint density at radius 2 is 1.73 bits per heavy atom. The van der Waals surface area contributed by atoms with Crippen molar-refractivity contribution >= 4 is 0 Å². The second-order valence-electron chi connectivity index (χ2n) is 3.70. The lowest BCUT2D eigenvalue weighted by molar-refractivity contribution is 0.863. The molecule has 76 valence electrons. The average molecular weight is 199 g/mol. The number of aromatic nitrogens is 1. The maximum Gasteiger partial charge on any atom is 0.258 e. The first kappa shape index (κ1) is 9.71. The van der Waals surface area contributed by atoms with Gasteiger partial charge in [0, 0.05) is 18.8 Å². The number of hydrogen-bond donors (Lipinski definition) is 0. The fourth-order valence-electron chi connectivity index (χ4n) is 1.55. The summed E-state index contributed by atoms with van der Waals surface area (Å²) in [5.41, 5.74) is 2.97. The molecule has 2 heteroatoms. The minimum absolute atomic E-state index is 0.0429. The highest BCUT2D eigenvalue weighted by Crippen LogP contribution is 2.15. The molecule has 0 aliphatic carbocycles. The molecule has 0 fully saturated rings. The molecular formula is C13H13NO. The van der Waals surface area contributed by atoms with Gasteiger partial charge in [0.2, 0.25) is 0 Å². The number of aryl methyl sites for hydroxylation is 2. The first-order chi connectivity index (χ1) is 7.18. The van der Waals surface area contributed by atoms with Gasteiger partial charge in [0.15, 0.2) is 0 Å². The molecule has 0 unspecified atom stereocenters. The van der Waals surface area contributed by atoms with Crippen molar-refractivity contribution in [3.8, 4) is 11.1 Å². The van der Waals surface area contributed by atoms with Crippen molar-refractivity contribution in [3.05, 3.63) is 58.5 Å². The summed E-state index contributed by atoms with van der Waals surface area (Å²) in [4.78, 5) is 11.8. The molecule has 0 saturated heterocycles. The molecule has 2 aromatic rings. The summed E-state index contributed by atoms with van der Waals surface area (Å²) in [6.07, 6.45) is 1.76. The van der Waals surface area contributed by atoms with Gasteiger partial charge in [0.1, 0.15) is 0 Å². The quantitative estimate of drug-likeness (QED) is 0.691. The molecule has 0 aliphatic heterocycles. The number of nitrogens with zero attached hydrogens (tertiary/aromatic N) is 1. The lowest BCUT2D eigenvalue weighted by Gasteiger charge is -2.03. The Kier molecular flexibility index (Phi) is 2.42. The third kappa shape index (κ3) is 1.84. The van der Waals surface area contributed by atoms with Crippen LogP contribution in [0.25, 0.3) is 11.1 Å². The van der Waals surface area contributed by atoms with Gasteiger partial charge in [-0.05, 0) is 24.6 Å². The molecular weight excluding hydrogens is 186 g/mol. The minimum Gasteiger partial charge on any atom is -0.318 e. The van der Waals surface area contributed by atoms with E-state index < -0.39 is 0 Å². The Morgan fingerprint density at radius 1 is 1.07 bits per heavy atom. The molecule has 0 spiro atoms. The van der Waals surface area contributed by atoms with Crippen LogP contribution >= 0.6 is 0 Å². The Balaban J connectivity index is 2.59.